The average molecular weight is 319 g/mol. The maximum Gasteiger partial charge on any atom is 0.222 e. The van der Waals surface area contributed by atoms with Gasteiger partial charge in [-0.2, -0.15) is 0 Å². The summed E-state index contributed by atoms with van der Waals surface area (Å²) in [7, 11) is 0. The summed E-state index contributed by atoms with van der Waals surface area (Å²) in [5.74, 6) is 1.83. The number of hydrogen-bond acceptors (Lipinski definition) is 3. The number of carbonyl (C=O) groups excluding carboxylic acids is 1. The Hall–Kier alpha value is -1.36. The Labute approximate surface area is 139 Å². The van der Waals surface area contributed by atoms with E-state index in [0.717, 1.165) is 57.6 Å². The Kier molecular flexibility index (Phi) is 5.36. The van der Waals surface area contributed by atoms with Gasteiger partial charge in [0.05, 0.1) is 12.1 Å². The van der Waals surface area contributed by atoms with Crippen molar-refractivity contribution in [2.24, 2.45) is 0 Å². The van der Waals surface area contributed by atoms with Crippen molar-refractivity contribution in [3.63, 3.8) is 0 Å². The molecule has 2 aliphatic rings. The van der Waals surface area contributed by atoms with E-state index in [9.17, 15) is 4.79 Å². The predicted molar refractivity (Wildman–Crippen MR) is 89.4 cm³/mol. The molecule has 3 heterocycles. The fourth-order valence-corrected chi connectivity index (χ4v) is 3.80. The van der Waals surface area contributed by atoms with E-state index in [0.29, 0.717) is 24.5 Å². The first-order valence-corrected chi connectivity index (χ1v) is 9.07. The summed E-state index contributed by atoms with van der Waals surface area (Å²) >= 11 is 0. The fraction of sp³-hybridized carbons (Fsp3) is 0.778. The minimum Gasteiger partial charge on any atom is -0.378 e. The lowest BCUT2D eigenvalue weighted by atomic mass is 10.0. The molecule has 5 nitrogen and oxygen atoms in total. The van der Waals surface area contributed by atoms with Crippen molar-refractivity contribution in [2.45, 2.75) is 70.4 Å². The molecule has 1 aromatic rings. The zero-order valence-electron chi connectivity index (χ0n) is 14.4. The number of carbonyl (C=O) groups is 1. The number of likely N-dealkylation sites (tertiary alicyclic amines) is 1. The van der Waals surface area contributed by atoms with Crippen LogP contribution in [0.4, 0.5) is 0 Å². The van der Waals surface area contributed by atoms with E-state index in [1.807, 2.05) is 11.1 Å². The Morgan fingerprint density at radius 3 is 3.00 bits per heavy atom. The van der Waals surface area contributed by atoms with E-state index in [1.54, 1.807) is 0 Å². The lowest BCUT2D eigenvalue weighted by molar-refractivity contribution is -0.133. The molecule has 0 saturated carbocycles. The third-order valence-corrected chi connectivity index (χ3v) is 5.06. The van der Waals surface area contributed by atoms with Crippen molar-refractivity contribution in [2.75, 3.05) is 19.7 Å². The number of imidazole rings is 1. The van der Waals surface area contributed by atoms with Crippen LogP contribution in [-0.4, -0.2) is 46.2 Å². The second-order valence-electron chi connectivity index (χ2n) is 7.16. The molecule has 0 radical (unpaired) electrons. The molecule has 0 unspecified atom stereocenters. The van der Waals surface area contributed by atoms with Gasteiger partial charge in [-0.15, -0.1) is 0 Å². The molecule has 2 atom stereocenters. The molecular weight excluding hydrogens is 290 g/mol. The highest BCUT2D eigenvalue weighted by Crippen LogP contribution is 2.26. The van der Waals surface area contributed by atoms with Crippen molar-refractivity contribution in [3.8, 4) is 0 Å². The standard InChI is InChI=1S/C18H29N3O2/c1-14(2)18-19-9-11-21(18)15-5-3-10-20(13-15)17(22)8-7-16-6-4-12-23-16/h9,11,14-16H,3-8,10,12-13H2,1-2H3/t15-,16-/m1/s1. The SMILES string of the molecule is CC(C)c1nccn1[C@@H]1CCCN(C(=O)CC[C@H]2CCCO2)C1. The second kappa shape index (κ2) is 7.47. The predicted octanol–water partition coefficient (Wildman–Crippen LogP) is 3.13. The number of rotatable bonds is 5. The van der Waals surface area contributed by atoms with E-state index in [-0.39, 0.29) is 5.91 Å². The fourth-order valence-electron chi connectivity index (χ4n) is 3.80. The minimum absolute atomic E-state index is 0.288. The molecule has 23 heavy (non-hydrogen) atoms. The molecule has 0 bridgehead atoms. The summed E-state index contributed by atoms with van der Waals surface area (Å²) in [6.45, 7) is 6.93. The lowest BCUT2D eigenvalue weighted by Gasteiger charge is -2.34. The minimum atomic E-state index is 0.288. The first-order chi connectivity index (χ1) is 11.1. The maximum absolute atomic E-state index is 12.5. The Bertz CT molecular complexity index is 520. The van der Waals surface area contributed by atoms with Crippen LogP contribution < -0.4 is 0 Å². The quantitative estimate of drug-likeness (QED) is 0.838. The van der Waals surface area contributed by atoms with Crippen LogP contribution in [0.2, 0.25) is 0 Å². The number of aromatic nitrogens is 2. The van der Waals surface area contributed by atoms with Gasteiger partial charge >= 0.3 is 0 Å². The van der Waals surface area contributed by atoms with Crippen LogP contribution in [0.15, 0.2) is 12.4 Å². The number of nitrogens with zero attached hydrogens (tertiary/aromatic N) is 3. The van der Waals surface area contributed by atoms with E-state index in [2.05, 4.69) is 29.6 Å². The molecule has 5 heteroatoms. The number of hydrogen-bond donors (Lipinski definition) is 0. The molecule has 3 rings (SSSR count). The van der Waals surface area contributed by atoms with Gasteiger partial charge in [0.2, 0.25) is 5.91 Å². The van der Waals surface area contributed by atoms with E-state index >= 15 is 0 Å². The van der Waals surface area contributed by atoms with E-state index in [4.69, 9.17) is 4.74 Å². The molecule has 1 aromatic heterocycles. The second-order valence-corrected chi connectivity index (χ2v) is 7.16. The lowest BCUT2D eigenvalue weighted by Crippen LogP contribution is -2.41. The molecule has 128 valence electrons. The van der Waals surface area contributed by atoms with Gasteiger partial charge < -0.3 is 14.2 Å². The number of piperidine rings is 1. The van der Waals surface area contributed by atoms with Gasteiger partial charge in [0.25, 0.3) is 0 Å². The van der Waals surface area contributed by atoms with Crippen LogP contribution in [0.5, 0.6) is 0 Å². The van der Waals surface area contributed by atoms with E-state index < -0.39 is 0 Å². The monoisotopic (exact) mass is 319 g/mol. The Morgan fingerprint density at radius 2 is 2.26 bits per heavy atom. The van der Waals surface area contributed by atoms with Gasteiger partial charge in [0.1, 0.15) is 5.82 Å². The molecular formula is C18H29N3O2. The van der Waals surface area contributed by atoms with Gasteiger partial charge in [0.15, 0.2) is 0 Å². The first kappa shape index (κ1) is 16.5. The van der Waals surface area contributed by atoms with Crippen LogP contribution in [0.3, 0.4) is 0 Å². The smallest absolute Gasteiger partial charge is 0.222 e. The molecule has 2 aliphatic heterocycles. The molecule has 0 N–H and O–H groups in total. The van der Waals surface area contributed by atoms with Crippen molar-refractivity contribution in [1.82, 2.24) is 14.5 Å². The van der Waals surface area contributed by atoms with Gasteiger partial charge in [-0.3, -0.25) is 4.79 Å². The first-order valence-electron chi connectivity index (χ1n) is 9.07. The molecule has 0 spiro atoms. The molecule has 0 aliphatic carbocycles. The summed E-state index contributed by atoms with van der Waals surface area (Å²) in [6.07, 6.45) is 10.2. The zero-order chi connectivity index (χ0) is 16.2. The van der Waals surface area contributed by atoms with Crippen LogP contribution in [0.1, 0.15) is 70.2 Å². The molecule has 2 saturated heterocycles. The van der Waals surface area contributed by atoms with Crippen LogP contribution in [0.25, 0.3) is 0 Å². The summed E-state index contributed by atoms with van der Waals surface area (Å²) < 4.78 is 7.91. The highest BCUT2D eigenvalue weighted by molar-refractivity contribution is 5.76. The summed E-state index contributed by atoms with van der Waals surface area (Å²) in [6, 6.07) is 0.371. The number of amides is 1. The third kappa shape index (κ3) is 3.94. The van der Waals surface area contributed by atoms with Crippen LogP contribution >= 0.6 is 0 Å². The topological polar surface area (TPSA) is 47.4 Å². The molecule has 2 fully saturated rings. The highest BCUT2D eigenvalue weighted by atomic mass is 16.5. The van der Waals surface area contributed by atoms with Crippen molar-refractivity contribution in [1.29, 1.82) is 0 Å². The highest BCUT2D eigenvalue weighted by Gasteiger charge is 2.27. The van der Waals surface area contributed by atoms with Gasteiger partial charge in [-0.05, 0) is 32.1 Å². The van der Waals surface area contributed by atoms with Gasteiger partial charge in [0, 0.05) is 44.4 Å². The molecule has 1 amide bonds. The van der Waals surface area contributed by atoms with Crippen molar-refractivity contribution >= 4 is 5.91 Å². The summed E-state index contributed by atoms with van der Waals surface area (Å²) in [5.41, 5.74) is 0. The Morgan fingerprint density at radius 1 is 1.39 bits per heavy atom. The number of ether oxygens (including phenoxy) is 1. The maximum atomic E-state index is 12.5. The normalized spacial score (nSPS) is 25.3. The van der Waals surface area contributed by atoms with Gasteiger partial charge in [-0.1, -0.05) is 13.8 Å². The van der Waals surface area contributed by atoms with E-state index in [1.165, 1.54) is 0 Å². The van der Waals surface area contributed by atoms with Gasteiger partial charge in [-0.25, -0.2) is 4.98 Å². The van der Waals surface area contributed by atoms with Crippen LogP contribution in [0, 0.1) is 0 Å². The Balaban J connectivity index is 1.56. The zero-order valence-corrected chi connectivity index (χ0v) is 14.4. The van der Waals surface area contributed by atoms with Crippen molar-refractivity contribution < 1.29 is 9.53 Å². The van der Waals surface area contributed by atoms with Crippen molar-refractivity contribution in [3.05, 3.63) is 18.2 Å². The van der Waals surface area contributed by atoms with Crippen LogP contribution in [-0.2, 0) is 9.53 Å². The third-order valence-electron chi connectivity index (χ3n) is 5.06. The largest absolute Gasteiger partial charge is 0.378 e. The summed E-state index contributed by atoms with van der Waals surface area (Å²) in [5, 5.41) is 0. The average Bonchev–Trinajstić information content (AvgIpc) is 3.24. The molecule has 0 aromatic carbocycles. The summed E-state index contributed by atoms with van der Waals surface area (Å²) in [4.78, 5) is 19.1.